The van der Waals surface area contributed by atoms with Crippen LogP contribution in [0.3, 0.4) is 0 Å². The first-order valence-corrected chi connectivity index (χ1v) is 7.04. The Morgan fingerprint density at radius 1 is 1.38 bits per heavy atom. The molecule has 0 aliphatic carbocycles. The van der Waals surface area contributed by atoms with Crippen molar-refractivity contribution in [2.45, 2.75) is 19.5 Å². The maximum absolute atomic E-state index is 12.3. The zero-order chi connectivity index (χ0) is 15.9. The number of ether oxygens (including phenoxy) is 1. The standard InChI is InChI=1S/C14H19F3N2OS/c1-2-19(10-14(15,16)17)7-4-8-20-12-6-3-5-11(9-12)13(18)21/h3,5-6,9H,2,4,7-8,10H2,1H3,(H2,18,21). The van der Waals surface area contributed by atoms with Crippen LogP contribution in [0.1, 0.15) is 18.9 Å². The lowest BCUT2D eigenvalue weighted by Gasteiger charge is -2.21. The molecule has 0 aliphatic heterocycles. The van der Waals surface area contributed by atoms with E-state index in [9.17, 15) is 13.2 Å². The van der Waals surface area contributed by atoms with E-state index in [1.807, 2.05) is 0 Å². The van der Waals surface area contributed by atoms with Crippen molar-refractivity contribution < 1.29 is 17.9 Å². The van der Waals surface area contributed by atoms with Crippen LogP contribution in [0.15, 0.2) is 24.3 Å². The average molecular weight is 320 g/mol. The summed E-state index contributed by atoms with van der Waals surface area (Å²) in [5, 5.41) is 0. The molecule has 0 atom stereocenters. The summed E-state index contributed by atoms with van der Waals surface area (Å²) in [5.74, 6) is 0.610. The Bertz CT molecular complexity index is 466. The molecule has 0 saturated heterocycles. The number of halogens is 3. The molecule has 0 bridgehead atoms. The molecule has 0 aliphatic rings. The zero-order valence-electron chi connectivity index (χ0n) is 11.8. The summed E-state index contributed by atoms with van der Waals surface area (Å²) in [6, 6.07) is 7.02. The number of hydrogen-bond donors (Lipinski definition) is 1. The minimum Gasteiger partial charge on any atom is -0.494 e. The van der Waals surface area contributed by atoms with E-state index in [4.69, 9.17) is 22.7 Å². The smallest absolute Gasteiger partial charge is 0.401 e. The fourth-order valence-corrected chi connectivity index (χ4v) is 1.95. The Balaban J connectivity index is 2.36. The average Bonchev–Trinajstić information content (AvgIpc) is 2.41. The van der Waals surface area contributed by atoms with Gasteiger partial charge in [0.2, 0.25) is 0 Å². The Labute approximate surface area is 127 Å². The largest absolute Gasteiger partial charge is 0.494 e. The van der Waals surface area contributed by atoms with Gasteiger partial charge in [0, 0.05) is 12.1 Å². The molecular formula is C14H19F3N2OS. The summed E-state index contributed by atoms with van der Waals surface area (Å²) in [6.07, 6.45) is -3.65. The fraction of sp³-hybridized carbons (Fsp3) is 0.500. The molecule has 7 heteroatoms. The van der Waals surface area contributed by atoms with E-state index in [0.29, 0.717) is 37.4 Å². The second kappa shape index (κ2) is 8.19. The van der Waals surface area contributed by atoms with E-state index in [2.05, 4.69) is 0 Å². The zero-order valence-corrected chi connectivity index (χ0v) is 12.6. The normalized spacial score (nSPS) is 11.7. The first kappa shape index (κ1) is 17.7. The molecule has 0 aromatic heterocycles. The number of nitrogens with zero attached hydrogens (tertiary/aromatic N) is 1. The first-order chi connectivity index (χ1) is 9.81. The number of nitrogens with two attached hydrogens (primary N) is 1. The van der Waals surface area contributed by atoms with Gasteiger partial charge in [-0.1, -0.05) is 31.3 Å². The highest BCUT2D eigenvalue weighted by Gasteiger charge is 2.29. The lowest BCUT2D eigenvalue weighted by molar-refractivity contribution is -0.145. The minimum atomic E-state index is -4.16. The molecule has 1 aromatic carbocycles. The quantitative estimate of drug-likeness (QED) is 0.590. The van der Waals surface area contributed by atoms with E-state index in [1.165, 1.54) is 4.90 Å². The van der Waals surface area contributed by atoms with Gasteiger partial charge in [-0.2, -0.15) is 13.2 Å². The Kier molecular flexibility index (Phi) is 6.91. The molecule has 0 radical (unpaired) electrons. The number of benzene rings is 1. The number of rotatable bonds is 8. The lowest BCUT2D eigenvalue weighted by atomic mass is 10.2. The van der Waals surface area contributed by atoms with Crippen molar-refractivity contribution in [2.24, 2.45) is 5.73 Å². The third-order valence-electron chi connectivity index (χ3n) is 2.86. The third kappa shape index (κ3) is 7.29. The molecule has 3 nitrogen and oxygen atoms in total. The molecule has 1 rings (SSSR count). The highest BCUT2D eigenvalue weighted by molar-refractivity contribution is 7.80. The summed E-state index contributed by atoms with van der Waals surface area (Å²) in [5.41, 5.74) is 6.22. The summed E-state index contributed by atoms with van der Waals surface area (Å²) >= 11 is 4.87. The van der Waals surface area contributed by atoms with Gasteiger partial charge in [0.15, 0.2) is 0 Å². The molecule has 0 amide bonds. The predicted octanol–water partition coefficient (Wildman–Crippen LogP) is 2.97. The van der Waals surface area contributed by atoms with Gasteiger partial charge in [-0.15, -0.1) is 0 Å². The number of thiocarbonyl (C=S) groups is 1. The van der Waals surface area contributed by atoms with Crippen molar-refractivity contribution in [2.75, 3.05) is 26.2 Å². The molecule has 0 heterocycles. The second-order valence-electron chi connectivity index (χ2n) is 4.58. The molecule has 0 saturated carbocycles. The molecule has 2 N–H and O–H groups in total. The van der Waals surface area contributed by atoms with Crippen molar-refractivity contribution in [1.29, 1.82) is 0 Å². The minimum absolute atomic E-state index is 0.280. The fourth-order valence-electron chi connectivity index (χ4n) is 1.82. The Morgan fingerprint density at radius 2 is 2.10 bits per heavy atom. The number of hydrogen-bond acceptors (Lipinski definition) is 3. The van der Waals surface area contributed by atoms with Crippen LogP contribution in [0.2, 0.25) is 0 Å². The summed E-state index contributed by atoms with van der Waals surface area (Å²) in [6.45, 7) is 1.86. The Morgan fingerprint density at radius 3 is 2.67 bits per heavy atom. The van der Waals surface area contributed by atoms with Crippen LogP contribution >= 0.6 is 12.2 Å². The van der Waals surface area contributed by atoms with Crippen LogP contribution in [0, 0.1) is 0 Å². The molecule has 0 spiro atoms. The van der Waals surface area contributed by atoms with E-state index in [-0.39, 0.29) is 4.99 Å². The molecule has 0 fully saturated rings. The summed E-state index contributed by atoms with van der Waals surface area (Å²) < 4.78 is 42.4. The van der Waals surface area contributed by atoms with Gasteiger partial charge in [-0.05, 0) is 25.1 Å². The Hall–Kier alpha value is -1.34. The summed E-state index contributed by atoms with van der Waals surface area (Å²) in [4.78, 5) is 1.62. The van der Waals surface area contributed by atoms with Gasteiger partial charge in [-0.25, -0.2) is 0 Å². The summed E-state index contributed by atoms with van der Waals surface area (Å²) in [7, 11) is 0. The van der Waals surface area contributed by atoms with Gasteiger partial charge in [0.1, 0.15) is 10.7 Å². The molecule has 21 heavy (non-hydrogen) atoms. The van der Waals surface area contributed by atoms with Crippen LogP contribution in [0.25, 0.3) is 0 Å². The van der Waals surface area contributed by atoms with Gasteiger partial charge in [0.05, 0.1) is 13.2 Å². The van der Waals surface area contributed by atoms with E-state index in [0.717, 1.165) is 0 Å². The van der Waals surface area contributed by atoms with Crippen molar-refractivity contribution in [3.05, 3.63) is 29.8 Å². The predicted molar refractivity (Wildman–Crippen MR) is 80.6 cm³/mol. The first-order valence-electron chi connectivity index (χ1n) is 6.63. The van der Waals surface area contributed by atoms with E-state index >= 15 is 0 Å². The van der Waals surface area contributed by atoms with Gasteiger partial charge < -0.3 is 10.5 Å². The van der Waals surface area contributed by atoms with Crippen LogP contribution in [0.5, 0.6) is 5.75 Å². The van der Waals surface area contributed by atoms with Crippen LogP contribution in [0.4, 0.5) is 13.2 Å². The maximum Gasteiger partial charge on any atom is 0.401 e. The number of alkyl halides is 3. The third-order valence-corrected chi connectivity index (χ3v) is 3.09. The highest BCUT2D eigenvalue weighted by Crippen LogP contribution is 2.17. The topological polar surface area (TPSA) is 38.5 Å². The lowest BCUT2D eigenvalue weighted by Crippen LogP contribution is -2.35. The van der Waals surface area contributed by atoms with E-state index in [1.54, 1.807) is 31.2 Å². The monoisotopic (exact) mass is 320 g/mol. The van der Waals surface area contributed by atoms with Crippen LogP contribution in [-0.2, 0) is 0 Å². The maximum atomic E-state index is 12.3. The van der Waals surface area contributed by atoms with Gasteiger partial charge >= 0.3 is 6.18 Å². The van der Waals surface area contributed by atoms with Crippen molar-refractivity contribution in [1.82, 2.24) is 4.90 Å². The molecular weight excluding hydrogens is 301 g/mol. The second-order valence-corrected chi connectivity index (χ2v) is 5.02. The molecule has 1 aromatic rings. The van der Waals surface area contributed by atoms with Crippen molar-refractivity contribution in [3.63, 3.8) is 0 Å². The van der Waals surface area contributed by atoms with Crippen LogP contribution < -0.4 is 10.5 Å². The highest BCUT2D eigenvalue weighted by atomic mass is 32.1. The van der Waals surface area contributed by atoms with Gasteiger partial charge in [0.25, 0.3) is 0 Å². The van der Waals surface area contributed by atoms with E-state index < -0.39 is 12.7 Å². The van der Waals surface area contributed by atoms with Crippen molar-refractivity contribution >= 4 is 17.2 Å². The molecule has 118 valence electrons. The molecule has 0 unspecified atom stereocenters. The van der Waals surface area contributed by atoms with Crippen LogP contribution in [-0.4, -0.2) is 42.3 Å². The van der Waals surface area contributed by atoms with Crippen molar-refractivity contribution in [3.8, 4) is 5.75 Å². The van der Waals surface area contributed by atoms with Gasteiger partial charge in [-0.3, -0.25) is 4.90 Å². The SMILES string of the molecule is CCN(CCCOc1cccc(C(N)=S)c1)CC(F)(F)F.